The molecule has 432 valence electrons. The first-order valence-corrected chi connectivity index (χ1v) is 33.3. The molecule has 9 heteroatoms. The number of aliphatic hydroxyl groups excluding tert-OH is 1. The Hall–Kier alpha value is -1.28. The molecule has 0 aliphatic rings. The summed E-state index contributed by atoms with van der Waals surface area (Å²) >= 11 is 0. The van der Waals surface area contributed by atoms with Gasteiger partial charge in [-0.05, 0) is 51.4 Å². The predicted octanol–water partition coefficient (Wildman–Crippen LogP) is 19.1. The number of carbonyl (C=O) groups excluding carboxylic acids is 1. The third-order valence-corrected chi connectivity index (χ3v) is 15.6. The van der Waals surface area contributed by atoms with Crippen molar-refractivity contribution in [1.29, 1.82) is 0 Å². The van der Waals surface area contributed by atoms with Gasteiger partial charge in [0, 0.05) is 6.42 Å². The number of allylic oxidation sites excluding steroid dienone is 5. The average Bonchev–Trinajstić information content (AvgIpc) is 3.35. The molecule has 0 aliphatic heterocycles. The summed E-state index contributed by atoms with van der Waals surface area (Å²) in [4.78, 5) is 25.6. The number of unbranched alkanes of at least 4 members (excludes halogenated alkanes) is 42. The van der Waals surface area contributed by atoms with Gasteiger partial charge in [0.05, 0.1) is 39.9 Å². The van der Waals surface area contributed by atoms with E-state index in [0.29, 0.717) is 17.4 Å². The Morgan fingerprint density at radius 3 is 1.14 bits per heavy atom. The van der Waals surface area contributed by atoms with Crippen LogP contribution in [0.2, 0.25) is 0 Å². The monoisotopic (exact) mass is 1050 g/mol. The molecule has 0 spiro atoms. The Kier molecular flexibility index (Phi) is 54.5. The maximum atomic E-state index is 13.0. The molecule has 3 atom stereocenters. The summed E-state index contributed by atoms with van der Waals surface area (Å²) in [6.07, 6.45) is 72.3. The summed E-state index contributed by atoms with van der Waals surface area (Å²) in [6, 6.07) is -0.888. The number of aliphatic hydroxyl groups is 1. The number of quaternary nitrogens is 1. The highest BCUT2D eigenvalue weighted by molar-refractivity contribution is 7.45. The first kappa shape index (κ1) is 71.7. The van der Waals surface area contributed by atoms with Gasteiger partial charge in [0.2, 0.25) is 5.91 Å². The number of hydrogen-bond donors (Lipinski definition) is 2. The molecule has 0 aliphatic carbocycles. The minimum absolute atomic E-state index is 0.0000779. The van der Waals surface area contributed by atoms with E-state index in [9.17, 15) is 19.4 Å². The number of likely N-dealkylation sites (N-methyl/N-ethyl adjacent to an activating group) is 1. The van der Waals surface area contributed by atoms with Gasteiger partial charge in [-0.15, -0.1) is 0 Å². The molecule has 8 nitrogen and oxygen atoms in total. The predicted molar refractivity (Wildman–Crippen MR) is 316 cm³/mol. The molecule has 1 amide bonds. The van der Waals surface area contributed by atoms with Crippen LogP contribution in [0.4, 0.5) is 0 Å². The van der Waals surface area contributed by atoms with Crippen molar-refractivity contribution in [3.63, 3.8) is 0 Å². The maximum Gasteiger partial charge on any atom is 0.268 e. The van der Waals surface area contributed by atoms with E-state index in [1.165, 1.54) is 250 Å². The molecule has 0 saturated carbocycles. The van der Waals surface area contributed by atoms with Gasteiger partial charge in [0.1, 0.15) is 13.2 Å². The Bertz CT molecular complexity index is 1280. The molecule has 0 heterocycles. The molecule has 0 aromatic carbocycles. The molecular formula is C64H125N2O6P. The zero-order chi connectivity index (χ0) is 53.5. The summed E-state index contributed by atoms with van der Waals surface area (Å²) in [6.45, 7) is 4.68. The van der Waals surface area contributed by atoms with Gasteiger partial charge in [-0.1, -0.05) is 294 Å². The largest absolute Gasteiger partial charge is 0.756 e. The second-order valence-corrected chi connectivity index (χ2v) is 24.5. The minimum atomic E-state index is -4.60. The van der Waals surface area contributed by atoms with Gasteiger partial charge in [-0.2, -0.15) is 0 Å². The van der Waals surface area contributed by atoms with Crippen molar-refractivity contribution in [1.82, 2.24) is 5.32 Å². The SMILES string of the molecule is CCCCCCC/C=C\C/C=C\CCCCCCCCCCCCCCCC(=O)NC(COP(=O)([O-])OCC[N+](C)(C)C)C(O)/C=C/CCCCCCCCCCCCCCCCCCCCCCCCCC. The third kappa shape index (κ3) is 58.2. The lowest BCUT2D eigenvalue weighted by atomic mass is 10.0. The second-order valence-electron chi connectivity index (χ2n) is 23.1. The molecule has 0 aromatic rings. The number of rotatable bonds is 59. The van der Waals surface area contributed by atoms with Crippen molar-refractivity contribution in [3.8, 4) is 0 Å². The summed E-state index contributed by atoms with van der Waals surface area (Å²) in [5, 5.41) is 13.9. The zero-order valence-electron chi connectivity index (χ0n) is 49.4. The third-order valence-electron chi connectivity index (χ3n) is 14.6. The van der Waals surface area contributed by atoms with Crippen LogP contribution in [0.5, 0.6) is 0 Å². The number of carbonyl (C=O) groups is 1. The standard InChI is InChI=1S/C64H125N2O6P/c1-6-8-10-12-14-16-18-20-22-24-26-28-30-32-34-35-37-39-41-43-45-47-49-51-53-55-57-63(67)62(61-72-73(69,70)71-60-59-66(3,4)5)65-64(68)58-56-54-52-50-48-46-44-42-40-38-36-33-31-29-27-25-23-21-19-17-15-13-11-9-7-2/h19,21,25,27,55,57,62-63,67H,6-18,20,22-24,26,28-54,56,58-61H2,1-5H3,(H-,65,68,69,70)/b21-19-,27-25-,57-55+. The highest BCUT2D eigenvalue weighted by atomic mass is 31.2. The van der Waals surface area contributed by atoms with E-state index >= 15 is 0 Å². The fourth-order valence-corrected chi connectivity index (χ4v) is 10.3. The van der Waals surface area contributed by atoms with Crippen molar-refractivity contribution in [2.24, 2.45) is 0 Å². The minimum Gasteiger partial charge on any atom is -0.756 e. The first-order chi connectivity index (χ1) is 35.5. The molecule has 0 aromatic heterocycles. The van der Waals surface area contributed by atoms with Crippen molar-refractivity contribution >= 4 is 13.7 Å². The van der Waals surface area contributed by atoms with Crippen LogP contribution in [0.25, 0.3) is 0 Å². The normalized spacial score (nSPS) is 14.0. The van der Waals surface area contributed by atoms with Gasteiger partial charge in [0.15, 0.2) is 0 Å². The Labute approximate surface area is 455 Å². The van der Waals surface area contributed by atoms with Crippen LogP contribution < -0.4 is 10.2 Å². The van der Waals surface area contributed by atoms with Crippen LogP contribution in [0.1, 0.15) is 316 Å². The van der Waals surface area contributed by atoms with E-state index in [-0.39, 0.29) is 19.1 Å². The van der Waals surface area contributed by atoms with E-state index in [2.05, 4.69) is 43.5 Å². The number of amides is 1. The molecule has 3 unspecified atom stereocenters. The Morgan fingerprint density at radius 2 is 0.795 bits per heavy atom. The lowest BCUT2D eigenvalue weighted by Gasteiger charge is -2.29. The van der Waals surface area contributed by atoms with Gasteiger partial charge in [-0.3, -0.25) is 9.36 Å². The van der Waals surface area contributed by atoms with Crippen molar-refractivity contribution in [2.75, 3.05) is 40.9 Å². The van der Waals surface area contributed by atoms with E-state index in [4.69, 9.17) is 9.05 Å². The number of hydrogen-bond acceptors (Lipinski definition) is 6. The van der Waals surface area contributed by atoms with Crippen molar-refractivity contribution in [3.05, 3.63) is 36.5 Å². The first-order valence-electron chi connectivity index (χ1n) is 31.9. The van der Waals surface area contributed by atoms with E-state index in [1.54, 1.807) is 6.08 Å². The van der Waals surface area contributed by atoms with Gasteiger partial charge in [0.25, 0.3) is 7.82 Å². The lowest BCUT2D eigenvalue weighted by molar-refractivity contribution is -0.870. The molecule has 2 N–H and O–H groups in total. The molecule has 73 heavy (non-hydrogen) atoms. The highest BCUT2D eigenvalue weighted by Gasteiger charge is 2.23. The van der Waals surface area contributed by atoms with Crippen LogP contribution in [-0.2, 0) is 18.4 Å². The quantitative estimate of drug-likeness (QED) is 0.0272. The number of phosphoric acid groups is 1. The molecule has 0 rings (SSSR count). The average molecular weight is 1050 g/mol. The Morgan fingerprint density at radius 1 is 0.479 bits per heavy atom. The summed E-state index contributed by atoms with van der Waals surface area (Å²) in [7, 11) is 1.27. The Balaban J connectivity index is 4.14. The van der Waals surface area contributed by atoms with Crippen LogP contribution in [-0.4, -0.2) is 68.5 Å². The number of phosphoric ester groups is 1. The molecule has 0 bridgehead atoms. The van der Waals surface area contributed by atoms with E-state index in [1.807, 2.05) is 27.2 Å². The molecule has 0 fully saturated rings. The number of nitrogens with zero attached hydrogens (tertiary/aromatic N) is 1. The van der Waals surface area contributed by atoms with E-state index in [0.717, 1.165) is 44.9 Å². The summed E-state index contributed by atoms with van der Waals surface area (Å²) < 4.78 is 23.4. The maximum absolute atomic E-state index is 13.0. The van der Waals surface area contributed by atoms with E-state index < -0.39 is 20.0 Å². The smallest absolute Gasteiger partial charge is 0.268 e. The van der Waals surface area contributed by atoms with Crippen molar-refractivity contribution in [2.45, 2.75) is 328 Å². The lowest BCUT2D eigenvalue weighted by Crippen LogP contribution is -2.45. The van der Waals surface area contributed by atoms with Crippen LogP contribution in [0.3, 0.4) is 0 Å². The van der Waals surface area contributed by atoms with Crippen LogP contribution in [0.15, 0.2) is 36.5 Å². The highest BCUT2D eigenvalue weighted by Crippen LogP contribution is 2.38. The number of nitrogens with one attached hydrogen (secondary N) is 1. The molecular weight excluding hydrogens is 924 g/mol. The summed E-state index contributed by atoms with van der Waals surface area (Å²) in [5.41, 5.74) is 0. The van der Waals surface area contributed by atoms with Gasteiger partial charge in [-0.25, -0.2) is 0 Å². The summed E-state index contributed by atoms with van der Waals surface area (Å²) in [5.74, 6) is -0.194. The topological polar surface area (TPSA) is 108 Å². The van der Waals surface area contributed by atoms with Crippen LogP contribution >= 0.6 is 7.82 Å². The van der Waals surface area contributed by atoms with Crippen molar-refractivity contribution < 1.29 is 32.9 Å². The fraction of sp³-hybridized carbons (Fsp3) is 0.891. The molecule has 0 saturated heterocycles. The van der Waals surface area contributed by atoms with Gasteiger partial charge >= 0.3 is 0 Å². The second kappa shape index (κ2) is 55.5. The molecule has 0 radical (unpaired) electrons. The van der Waals surface area contributed by atoms with Crippen LogP contribution in [0, 0.1) is 0 Å². The zero-order valence-corrected chi connectivity index (χ0v) is 50.3. The fourth-order valence-electron chi connectivity index (χ4n) is 9.60. The van der Waals surface area contributed by atoms with Gasteiger partial charge < -0.3 is 28.8 Å².